The number of amides is 2. The molecule has 1 N–H and O–H groups in total. The van der Waals surface area contributed by atoms with Crippen LogP contribution in [0, 0.1) is 0 Å². The number of hydrogen-bond acceptors (Lipinski definition) is 2. The van der Waals surface area contributed by atoms with E-state index in [1.165, 1.54) is 5.56 Å². The van der Waals surface area contributed by atoms with Crippen LogP contribution < -0.4 is 5.32 Å². The fraction of sp³-hybridized carbons (Fsp3) is 0.500. The van der Waals surface area contributed by atoms with Crippen LogP contribution >= 0.6 is 11.3 Å². The monoisotopic (exact) mass is 212 g/mol. The Hall–Kier alpha value is -1.03. The third-order valence-electron chi connectivity index (χ3n) is 1.90. The number of nitrogens with one attached hydrogen (secondary N) is 1. The van der Waals surface area contributed by atoms with Gasteiger partial charge in [0, 0.05) is 20.1 Å². The molecule has 14 heavy (non-hydrogen) atoms. The van der Waals surface area contributed by atoms with Gasteiger partial charge in [0.25, 0.3) is 0 Å². The van der Waals surface area contributed by atoms with E-state index in [9.17, 15) is 4.79 Å². The van der Waals surface area contributed by atoms with Crippen LogP contribution in [0.15, 0.2) is 16.8 Å². The zero-order chi connectivity index (χ0) is 10.6. The first-order valence-electron chi connectivity index (χ1n) is 4.58. The van der Waals surface area contributed by atoms with Gasteiger partial charge in [-0.3, -0.25) is 0 Å². The van der Waals surface area contributed by atoms with Crippen LogP contribution in [0.1, 0.15) is 12.5 Å². The lowest BCUT2D eigenvalue weighted by atomic mass is 10.1. The minimum absolute atomic E-state index is 0.0345. The lowest BCUT2D eigenvalue weighted by molar-refractivity contribution is 0.214. The summed E-state index contributed by atoms with van der Waals surface area (Å²) in [5.41, 5.74) is 1.28. The van der Waals surface area contributed by atoms with Crippen molar-refractivity contribution in [2.45, 2.75) is 19.4 Å². The number of urea groups is 1. The first-order valence-corrected chi connectivity index (χ1v) is 5.52. The average Bonchev–Trinajstić information content (AvgIpc) is 2.56. The highest BCUT2D eigenvalue weighted by Crippen LogP contribution is 2.08. The van der Waals surface area contributed by atoms with Crippen molar-refractivity contribution in [1.29, 1.82) is 0 Å². The normalized spacial score (nSPS) is 12.2. The summed E-state index contributed by atoms with van der Waals surface area (Å²) in [6.45, 7) is 2.01. The number of nitrogens with zero attached hydrogens (tertiary/aromatic N) is 1. The van der Waals surface area contributed by atoms with Crippen molar-refractivity contribution >= 4 is 17.4 Å². The van der Waals surface area contributed by atoms with E-state index < -0.39 is 0 Å². The molecule has 1 aromatic heterocycles. The van der Waals surface area contributed by atoms with Crippen molar-refractivity contribution in [3.8, 4) is 0 Å². The van der Waals surface area contributed by atoms with Gasteiger partial charge in [0.05, 0.1) is 0 Å². The van der Waals surface area contributed by atoms with Crippen molar-refractivity contribution in [2.75, 3.05) is 14.1 Å². The van der Waals surface area contributed by atoms with Gasteiger partial charge in [0.1, 0.15) is 0 Å². The van der Waals surface area contributed by atoms with Crippen molar-refractivity contribution in [3.63, 3.8) is 0 Å². The summed E-state index contributed by atoms with van der Waals surface area (Å²) in [4.78, 5) is 12.8. The van der Waals surface area contributed by atoms with Crippen LogP contribution in [0.2, 0.25) is 0 Å². The molecular weight excluding hydrogens is 196 g/mol. The number of rotatable bonds is 3. The van der Waals surface area contributed by atoms with Gasteiger partial charge in [-0.25, -0.2) is 4.79 Å². The van der Waals surface area contributed by atoms with Crippen molar-refractivity contribution < 1.29 is 4.79 Å². The fourth-order valence-corrected chi connectivity index (χ4v) is 1.83. The largest absolute Gasteiger partial charge is 0.335 e. The smallest absolute Gasteiger partial charge is 0.317 e. The summed E-state index contributed by atoms with van der Waals surface area (Å²) in [6, 6.07) is 2.23. The second kappa shape index (κ2) is 5.00. The maximum absolute atomic E-state index is 11.3. The summed E-state index contributed by atoms with van der Waals surface area (Å²) in [5, 5.41) is 7.07. The van der Waals surface area contributed by atoms with Crippen LogP contribution in [0.3, 0.4) is 0 Å². The predicted molar refractivity (Wildman–Crippen MR) is 59.7 cm³/mol. The standard InChI is InChI=1S/C10H16N2OS/c1-8(11-10(13)12(2)3)6-9-4-5-14-7-9/h4-5,7-8H,6H2,1-3H3,(H,11,13). The lowest BCUT2D eigenvalue weighted by Gasteiger charge is -2.17. The molecule has 0 radical (unpaired) electrons. The number of hydrogen-bond donors (Lipinski definition) is 1. The Morgan fingerprint density at radius 3 is 2.86 bits per heavy atom. The second-order valence-electron chi connectivity index (χ2n) is 3.58. The highest BCUT2D eigenvalue weighted by Gasteiger charge is 2.09. The van der Waals surface area contributed by atoms with E-state index in [0.717, 1.165) is 6.42 Å². The van der Waals surface area contributed by atoms with Gasteiger partial charge in [0.2, 0.25) is 0 Å². The van der Waals surface area contributed by atoms with E-state index in [4.69, 9.17) is 0 Å². The van der Waals surface area contributed by atoms with Crippen molar-refractivity contribution in [2.24, 2.45) is 0 Å². The molecular formula is C10H16N2OS. The van der Waals surface area contributed by atoms with Gasteiger partial charge in [-0.2, -0.15) is 11.3 Å². The Bertz CT molecular complexity index is 282. The van der Waals surface area contributed by atoms with E-state index in [-0.39, 0.29) is 12.1 Å². The Morgan fingerprint density at radius 2 is 2.36 bits per heavy atom. The Kier molecular flexibility index (Phi) is 3.95. The predicted octanol–water partition coefficient (Wildman–Crippen LogP) is 1.95. The Labute approximate surface area is 88.7 Å². The molecule has 0 spiro atoms. The van der Waals surface area contributed by atoms with Crippen LogP contribution in [-0.2, 0) is 6.42 Å². The topological polar surface area (TPSA) is 32.3 Å². The van der Waals surface area contributed by atoms with Gasteiger partial charge in [-0.1, -0.05) is 0 Å². The van der Waals surface area contributed by atoms with E-state index >= 15 is 0 Å². The molecule has 1 unspecified atom stereocenters. The summed E-state index contributed by atoms with van der Waals surface area (Å²) in [5.74, 6) is 0. The minimum atomic E-state index is -0.0345. The maximum Gasteiger partial charge on any atom is 0.317 e. The third-order valence-corrected chi connectivity index (χ3v) is 2.63. The third kappa shape index (κ3) is 3.38. The minimum Gasteiger partial charge on any atom is -0.335 e. The fourth-order valence-electron chi connectivity index (χ4n) is 1.15. The zero-order valence-corrected chi connectivity index (χ0v) is 9.60. The first kappa shape index (κ1) is 11.0. The molecule has 0 aromatic carbocycles. The molecule has 0 fully saturated rings. The van der Waals surface area contributed by atoms with Gasteiger partial charge in [0.15, 0.2) is 0 Å². The van der Waals surface area contributed by atoms with Gasteiger partial charge in [-0.05, 0) is 35.7 Å². The number of thiophene rings is 1. The van der Waals surface area contributed by atoms with Crippen molar-refractivity contribution in [3.05, 3.63) is 22.4 Å². The van der Waals surface area contributed by atoms with Crippen LogP contribution in [-0.4, -0.2) is 31.1 Å². The highest BCUT2D eigenvalue weighted by atomic mass is 32.1. The molecule has 4 heteroatoms. The molecule has 0 bridgehead atoms. The van der Waals surface area contributed by atoms with E-state index in [1.54, 1.807) is 30.3 Å². The number of carbonyl (C=O) groups excluding carboxylic acids is 1. The summed E-state index contributed by atoms with van der Waals surface area (Å²) < 4.78 is 0. The van der Waals surface area contributed by atoms with Crippen LogP contribution in [0.5, 0.6) is 0 Å². The van der Waals surface area contributed by atoms with Crippen LogP contribution in [0.4, 0.5) is 4.79 Å². The van der Waals surface area contributed by atoms with E-state index in [2.05, 4.69) is 22.1 Å². The first-order chi connectivity index (χ1) is 6.59. The molecule has 78 valence electrons. The van der Waals surface area contributed by atoms with Gasteiger partial charge >= 0.3 is 6.03 Å². The van der Waals surface area contributed by atoms with Crippen molar-refractivity contribution in [1.82, 2.24) is 10.2 Å². The summed E-state index contributed by atoms with van der Waals surface area (Å²) >= 11 is 1.68. The molecule has 0 saturated carbocycles. The Balaban J connectivity index is 2.36. The number of carbonyl (C=O) groups is 1. The molecule has 1 aromatic rings. The molecule has 0 saturated heterocycles. The summed E-state index contributed by atoms with van der Waals surface area (Å²) in [7, 11) is 3.49. The Morgan fingerprint density at radius 1 is 1.64 bits per heavy atom. The van der Waals surface area contributed by atoms with E-state index in [0.29, 0.717) is 0 Å². The molecule has 1 atom stereocenters. The molecule has 0 aliphatic heterocycles. The van der Waals surface area contributed by atoms with Gasteiger partial charge < -0.3 is 10.2 Å². The second-order valence-corrected chi connectivity index (χ2v) is 4.36. The molecule has 1 heterocycles. The van der Waals surface area contributed by atoms with Gasteiger partial charge in [-0.15, -0.1) is 0 Å². The maximum atomic E-state index is 11.3. The molecule has 1 rings (SSSR count). The quantitative estimate of drug-likeness (QED) is 0.816. The van der Waals surface area contributed by atoms with E-state index in [1.807, 2.05) is 6.92 Å². The molecule has 0 aliphatic rings. The summed E-state index contributed by atoms with van der Waals surface area (Å²) in [6.07, 6.45) is 0.892. The molecule has 3 nitrogen and oxygen atoms in total. The highest BCUT2D eigenvalue weighted by molar-refractivity contribution is 7.07. The SMILES string of the molecule is CC(Cc1ccsc1)NC(=O)N(C)C. The average molecular weight is 212 g/mol. The molecule has 0 aliphatic carbocycles. The zero-order valence-electron chi connectivity index (χ0n) is 8.78. The molecule has 2 amide bonds. The van der Waals surface area contributed by atoms with Crippen LogP contribution in [0.25, 0.3) is 0 Å². The lowest BCUT2D eigenvalue weighted by Crippen LogP contribution is -2.40.